The van der Waals surface area contributed by atoms with Crippen molar-refractivity contribution in [2.24, 2.45) is 5.73 Å². The van der Waals surface area contributed by atoms with E-state index in [2.05, 4.69) is 10.1 Å². The van der Waals surface area contributed by atoms with Crippen LogP contribution in [-0.4, -0.2) is 38.7 Å². The number of benzene rings is 1. The Bertz CT molecular complexity index is 488. The molecule has 1 aromatic rings. The highest BCUT2D eigenvalue weighted by Gasteiger charge is 2.17. The number of anilines is 1. The monoisotopic (exact) mass is 280 g/mol. The van der Waals surface area contributed by atoms with Crippen LogP contribution >= 0.6 is 0 Å². The molecule has 20 heavy (non-hydrogen) atoms. The van der Waals surface area contributed by atoms with Crippen LogP contribution in [0.3, 0.4) is 0 Å². The zero-order valence-corrected chi connectivity index (χ0v) is 11.9. The van der Waals surface area contributed by atoms with Gasteiger partial charge in [-0.05, 0) is 31.0 Å². The van der Waals surface area contributed by atoms with Gasteiger partial charge in [0.05, 0.1) is 18.7 Å². The van der Waals surface area contributed by atoms with E-state index in [-0.39, 0.29) is 5.91 Å². The van der Waals surface area contributed by atoms with Gasteiger partial charge < -0.3 is 20.5 Å². The van der Waals surface area contributed by atoms with Crippen LogP contribution in [-0.2, 0) is 14.3 Å². The number of rotatable bonds is 6. The van der Waals surface area contributed by atoms with Gasteiger partial charge in [-0.3, -0.25) is 4.79 Å². The molecule has 0 saturated heterocycles. The van der Waals surface area contributed by atoms with E-state index in [0.717, 1.165) is 0 Å². The molecule has 0 fully saturated rings. The van der Waals surface area contributed by atoms with Gasteiger partial charge in [-0.15, -0.1) is 0 Å². The van der Waals surface area contributed by atoms with Gasteiger partial charge in [-0.2, -0.15) is 0 Å². The van der Waals surface area contributed by atoms with Crippen molar-refractivity contribution in [3.05, 3.63) is 29.3 Å². The molecule has 0 heterocycles. The number of esters is 1. The number of ether oxygens (including phenoxy) is 2. The third-order valence-electron chi connectivity index (χ3n) is 2.97. The maximum absolute atomic E-state index is 11.9. The third kappa shape index (κ3) is 4.04. The summed E-state index contributed by atoms with van der Waals surface area (Å²) in [5.41, 5.74) is 7.35. The van der Waals surface area contributed by atoms with Gasteiger partial charge in [0.15, 0.2) is 0 Å². The average molecular weight is 280 g/mol. The van der Waals surface area contributed by atoms with Gasteiger partial charge in [0.2, 0.25) is 5.91 Å². The quantitative estimate of drug-likeness (QED) is 0.761. The smallest absolute Gasteiger partial charge is 0.338 e. The normalized spacial score (nSPS) is 11.8. The van der Waals surface area contributed by atoms with Crippen LogP contribution in [0.25, 0.3) is 0 Å². The second-order valence-electron chi connectivity index (χ2n) is 4.35. The molecule has 6 nitrogen and oxygen atoms in total. The molecule has 1 amide bonds. The molecule has 110 valence electrons. The Labute approximate surface area is 118 Å². The van der Waals surface area contributed by atoms with Crippen molar-refractivity contribution in [1.29, 1.82) is 0 Å². The minimum absolute atomic E-state index is 0.313. The number of methoxy groups -OCH3 is 2. The van der Waals surface area contributed by atoms with Crippen molar-refractivity contribution in [3.63, 3.8) is 0 Å². The van der Waals surface area contributed by atoms with Crippen molar-refractivity contribution in [3.8, 4) is 0 Å². The molecule has 3 N–H and O–H groups in total. The SMILES string of the molecule is COCCC(N)C(=O)Nc1cccc(C(=O)OC)c1C. The number of hydrogen-bond acceptors (Lipinski definition) is 5. The molecular weight excluding hydrogens is 260 g/mol. The van der Waals surface area contributed by atoms with Crippen LogP contribution in [0.4, 0.5) is 5.69 Å². The minimum atomic E-state index is -0.656. The van der Waals surface area contributed by atoms with Crippen LogP contribution in [0, 0.1) is 6.92 Å². The molecular formula is C14H20N2O4. The highest BCUT2D eigenvalue weighted by Crippen LogP contribution is 2.19. The van der Waals surface area contributed by atoms with Gasteiger partial charge in [-0.25, -0.2) is 4.79 Å². The largest absolute Gasteiger partial charge is 0.465 e. The Morgan fingerprint density at radius 2 is 2.05 bits per heavy atom. The molecule has 0 spiro atoms. The maximum atomic E-state index is 11.9. The molecule has 0 saturated carbocycles. The van der Waals surface area contributed by atoms with Crippen LogP contribution in [0.2, 0.25) is 0 Å². The summed E-state index contributed by atoms with van der Waals surface area (Å²) < 4.78 is 9.57. The van der Waals surface area contributed by atoms with Crippen molar-refractivity contribution in [1.82, 2.24) is 0 Å². The van der Waals surface area contributed by atoms with Crippen molar-refractivity contribution in [2.75, 3.05) is 26.1 Å². The first-order valence-corrected chi connectivity index (χ1v) is 6.24. The minimum Gasteiger partial charge on any atom is -0.465 e. The van der Waals surface area contributed by atoms with E-state index >= 15 is 0 Å². The lowest BCUT2D eigenvalue weighted by Gasteiger charge is -2.14. The number of hydrogen-bond donors (Lipinski definition) is 2. The summed E-state index contributed by atoms with van der Waals surface area (Å²) in [5, 5.41) is 2.71. The number of carbonyl (C=O) groups excluding carboxylic acids is 2. The summed E-state index contributed by atoms with van der Waals surface area (Å²) in [7, 11) is 2.86. The molecule has 0 radical (unpaired) electrons. The highest BCUT2D eigenvalue weighted by molar-refractivity contribution is 5.98. The first-order valence-electron chi connectivity index (χ1n) is 6.24. The van der Waals surface area contributed by atoms with Crippen LogP contribution < -0.4 is 11.1 Å². The summed E-state index contributed by atoms with van der Waals surface area (Å²) in [6, 6.07) is 4.37. The Morgan fingerprint density at radius 1 is 1.35 bits per heavy atom. The summed E-state index contributed by atoms with van der Waals surface area (Å²) in [6.07, 6.45) is 0.429. The lowest BCUT2D eigenvalue weighted by molar-refractivity contribution is -0.117. The van der Waals surface area contributed by atoms with Gasteiger partial charge in [0.25, 0.3) is 0 Å². The molecule has 0 bridgehead atoms. The van der Waals surface area contributed by atoms with E-state index in [1.54, 1.807) is 32.2 Å². The van der Waals surface area contributed by atoms with E-state index in [0.29, 0.717) is 29.8 Å². The number of nitrogens with one attached hydrogen (secondary N) is 1. The standard InChI is InChI=1S/C14H20N2O4/c1-9-10(14(18)20-3)5-4-6-12(9)16-13(17)11(15)7-8-19-2/h4-6,11H,7-8,15H2,1-3H3,(H,16,17). The second kappa shape index (κ2) is 7.62. The number of carbonyl (C=O) groups is 2. The predicted octanol–water partition coefficient (Wildman–Crippen LogP) is 1.08. The fourth-order valence-electron chi connectivity index (χ4n) is 1.70. The fourth-order valence-corrected chi connectivity index (χ4v) is 1.70. The highest BCUT2D eigenvalue weighted by atomic mass is 16.5. The Balaban J connectivity index is 2.82. The van der Waals surface area contributed by atoms with Gasteiger partial charge in [0.1, 0.15) is 0 Å². The maximum Gasteiger partial charge on any atom is 0.338 e. The van der Waals surface area contributed by atoms with Crippen LogP contribution in [0.15, 0.2) is 18.2 Å². The molecule has 1 aromatic carbocycles. The zero-order valence-electron chi connectivity index (χ0n) is 11.9. The first kappa shape index (κ1) is 16.1. The lowest BCUT2D eigenvalue weighted by atomic mass is 10.1. The third-order valence-corrected chi connectivity index (χ3v) is 2.97. The van der Waals surface area contributed by atoms with Crippen molar-refractivity contribution in [2.45, 2.75) is 19.4 Å². The summed E-state index contributed by atoms with van der Waals surface area (Å²) >= 11 is 0. The van der Waals surface area contributed by atoms with Gasteiger partial charge in [-0.1, -0.05) is 6.07 Å². The molecule has 1 unspecified atom stereocenters. The van der Waals surface area contributed by atoms with E-state index in [4.69, 9.17) is 10.5 Å². The number of amides is 1. The Kier molecular flexibility index (Phi) is 6.14. The first-order chi connectivity index (χ1) is 9.51. The molecule has 1 atom stereocenters. The fraction of sp³-hybridized carbons (Fsp3) is 0.429. The van der Waals surface area contributed by atoms with Gasteiger partial charge >= 0.3 is 5.97 Å². The molecule has 1 rings (SSSR count). The van der Waals surface area contributed by atoms with E-state index in [1.807, 2.05) is 0 Å². The molecule has 0 aliphatic rings. The second-order valence-corrected chi connectivity index (χ2v) is 4.35. The van der Waals surface area contributed by atoms with Crippen molar-refractivity contribution >= 4 is 17.6 Å². The lowest BCUT2D eigenvalue weighted by Crippen LogP contribution is -2.36. The zero-order chi connectivity index (χ0) is 15.1. The summed E-state index contributed by atoms with van der Waals surface area (Å²) in [5.74, 6) is -0.755. The summed E-state index contributed by atoms with van der Waals surface area (Å²) in [6.45, 7) is 2.15. The molecule has 0 aromatic heterocycles. The average Bonchev–Trinajstić information content (AvgIpc) is 2.45. The molecule has 6 heteroatoms. The van der Waals surface area contributed by atoms with Crippen LogP contribution in [0.1, 0.15) is 22.3 Å². The molecule has 0 aliphatic carbocycles. The molecule has 0 aliphatic heterocycles. The Hall–Kier alpha value is -1.92. The van der Waals surface area contributed by atoms with E-state index in [9.17, 15) is 9.59 Å². The number of nitrogens with two attached hydrogens (primary N) is 1. The van der Waals surface area contributed by atoms with E-state index < -0.39 is 12.0 Å². The topological polar surface area (TPSA) is 90.6 Å². The summed E-state index contributed by atoms with van der Waals surface area (Å²) in [4.78, 5) is 23.5. The van der Waals surface area contributed by atoms with Crippen LogP contribution in [0.5, 0.6) is 0 Å². The predicted molar refractivity (Wildman–Crippen MR) is 75.6 cm³/mol. The Morgan fingerprint density at radius 3 is 2.65 bits per heavy atom. The van der Waals surface area contributed by atoms with E-state index in [1.165, 1.54) is 7.11 Å². The van der Waals surface area contributed by atoms with Gasteiger partial charge in [0, 0.05) is 19.4 Å². The van der Waals surface area contributed by atoms with Crippen molar-refractivity contribution < 1.29 is 19.1 Å².